The molecule has 0 saturated carbocycles. The smallest absolute Gasteiger partial charge is 0.409 e. The van der Waals surface area contributed by atoms with Crippen molar-refractivity contribution in [3.8, 4) is 0 Å². The zero-order valence-electron chi connectivity index (χ0n) is 17.4. The number of rotatable bonds is 7. The van der Waals surface area contributed by atoms with Gasteiger partial charge in [0.05, 0.1) is 12.8 Å². The third-order valence-corrected chi connectivity index (χ3v) is 5.01. The maximum Gasteiger partial charge on any atom is 0.409 e. The van der Waals surface area contributed by atoms with Crippen molar-refractivity contribution < 1.29 is 9.53 Å². The molecule has 0 bridgehead atoms. The number of hydrogen-bond acceptors (Lipinski definition) is 7. The van der Waals surface area contributed by atoms with Gasteiger partial charge in [0, 0.05) is 31.7 Å². The van der Waals surface area contributed by atoms with E-state index in [2.05, 4.69) is 46.4 Å². The lowest BCUT2D eigenvalue weighted by Crippen LogP contribution is -2.42. The SMILES string of the molecule is CCOC(=O)N1CCC(Nc2nncc(N(Cc3ccccc3)C(C)C)n2)CC1. The van der Waals surface area contributed by atoms with Crippen molar-refractivity contribution in [3.63, 3.8) is 0 Å². The lowest BCUT2D eigenvalue weighted by molar-refractivity contribution is 0.0983. The highest BCUT2D eigenvalue weighted by molar-refractivity contribution is 5.67. The highest BCUT2D eigenvalue weighted by Gasteiger charge is 2.24. The van der Waals surface area contributed by atoms with Crippen LogP contribution >= 0.6 is 0 Å². The largest absolute Gasteiger partial charge is 0.450 e. The molecule has 0 radical (unpaired) electrons. The molecular weight excluding hydrogens is 368 g/mol. The molecule has 0 atom stereocenters. The molecule has 8 nitrogen and oxygen atoms in total. The van der Waals surface area contributed by atoms with Crippen LogP contribution in [0.25, 0.3) is 0 Å². The summed E-state index contributed by atoms with van der Waals surface area (Å²) in [4.78, 5) is 20.5. The number of anilines is 2. The van der Waals surface area contributed by atoms with Crippen molar-refractivity contribution in [2.75, 3.05) is 29.9 Å². The molecule has 1 amide bonds. The van der Waals surface area contributed by atoms with Crippen molar-refractivity contribution in [1.29, 1.82) is 0 Å². The van der Waals surface area contributed by atoms with Gasteiger partial charge >= 0.3 is 6.09 Å². The zero-order chi connectivity index (χ0) is 20.6. The molecule has 1 aromatic carbocycles. The topological polar surface area (TPSA) is 83.5 Å². The minimum atomic E-state index is -0.237. The molecule has 0 spiro atoms. The van der Waals surface area contributed by atoms with Crippen LogP contribution < -0.4 is 10.2 Å². The predicted molar refractivity (Wildman–Crippen MR) is 113 cm³/mol. The van der Waals surface area contributed by atoms with Crippen LogP contribution in [0.15, 0.2) is 36.5 Å². The van der Waals surface area contributed by atoms with Crippen molar-refractivity contribution in [2.24, 2.45) is 0 Å². The van der Waals surface area contributed by atoms with Crippen LogP contribution in [-0.4, -0.2) is 58.0 Å². The summed E-state index contributed by atoms with van der Waals surface area (Å²) in [5, 5.41) is 11.7. The summed E-state index contributed by atoms with van der Waals surface area (Å²) in [6.45, 7) is 8.59. The third kappa shape index (κ3) is 5.79. The Kier molecular flexibility index (Phi) is 7.21. The second kappa shape index (κ2) is 10.0. The van der Waals surface area contributed by atoms with E-state index in [4.69, 9.17) is 9.72 Å². The van der Waals surface area contributed by atoms with Crippen LogP contribution in [0.1, 0.15) is 39.2 Å². The van der Waals surface area contributed by atoms with E-state index >= 15 is 0 Å². The molecule has 1 aliphatic heterocycles. The van der Waals surface area contributed by atoms with Crippen molar-refractivity contribution >= 4 is 17.9 Å². The van der Waals surface area contributed by atoms with Gasteiger partial charge in [-0.2, -0.15) is 10.1 Å². The number of carbonyl (C=O) groups excluding carboxylic acids is 1. The summed E-state index contributed by atoms with van der Waals surface area (Å²) in [6, 6.07) is 10.8. The maximum absolute atomic E-state index is 11.8. The first-order valence-corrected chi connectivity index (χ1v) is 10.2. The first-order chi connectivity index (χ1) is 14.1. The number of aromatic nitrogens is 3. The fourth-order valence-electron chi connectivity index (χ4n) is 3.41. The van der Waals surface area contributed by atoms with Gasteiger partial charge < -0.3 is 19.9 Å². The summed E-state index contributed by atoms with van der Waals surface area (Å²) in [5.74, 6) is 1.32. The van der Waals surface area contributed by atoms with Crippen LogP contribution in [0.2, 0.25) is 0 Å². The second-order valence-electron chi connectivity index (χ2n) is 7.45. The number of amides is 1. The Balaban J connectivity index is 1.62. The van der Waals surface area contributed by atoms with Gasteiger partial charge in [0.1, 0.15) is 0 Å². The van der Waals surface area contributed by atoms with Gasteiger partial charge in [-0.25, -0.2) is 4.79 Å². The number of carbonyl (C=O) groups is 1. The molecular formula is C21H30N6O2. The minimum Gasteiger partial charge on any atom is -0.450 e. The third-order valence-electron chi connectivity index (χ3n) is 5.01. The minimum absolute atomic E-state index is 0.208. The van der Waals surface area contributed by atoms with Crippen LogP contribution in [-0.2, 0) is 11.3 Å². The van der Waals surface area contributed by atoms with E-state index in [1.807, 2.05) is 25.1 Å². The van der Waals surface area contributed by atoms with Gasteiger partial charge in [-0.3, -0.25) is 0 Å². The molecule has 8 heteroatoms. The molecule has 156 valence electrons. The molecule has 3 rings (SSSR count). The van der Waals surface area contributed by atoms with Crippen molar-refractivity contribution in [3.05, 3.63) is 42.1 Å². The normalized spacial score (nSPS) is 14.7. The van der Waals surface area contributed by atoms with Crippen LogP contribution in [0, 0.1) is 0 Å². The molecule has 0 unspecified atom stereocenters. The maximum atomic E-state index is 11.8. The highest BCUT2D eigenvalue weighted by atomic mass is 16.6. The Morgan fingerprint density at radius 3 is 2.66 bits per heavy atom. The van der Waals surface area contributed by atoms with E-state index in [9.17, 15) is 4.79 Å². The van der Waals surface area contributed by atoms with Gasteiger partial charge in [0.15, 0.2) is 5.82 Å². The first-order valence-electron chi connectivity index (χ1n) is 10.2. The van der Waals surface area contributed by atoms with E-state index in [-0.39, 0.29) is 18.2 Å². The Hall–Kier alpha value is -2.90. The van der Waals surface area contributed by atoms with Crippen LogP contribution in [0.5, 0.6) is 0 Å². The number of ether oxygens (including phenoxy) is 1. The average molecular weight is 399 g/mol. The molecule has 2 heterocycles. The molecule has 1 aliphatic rings. The average Bonchev–Trinajstić information content (AvgIpc) is 2.73. The summed E-state index contributed by atoms with van der Waals surface area (Å²) in [6.07, 6.45) is 3.12. The number of benzene rings is 1. The van der Waals surface area contributed by atoms with Crippen molar-refractivity contribution in [2.45, 2.75) is 52.2 Å². The monoisotopic (exact) mass is 398 g/mol. The molecule has 1 aromatic heterocycles. The first kappa shape index (κ1) is 20.8. The van der Waals surface area contributed by atoms with E-state index in [0.29, 0.717) is 25.6 Å². The number of piperidine rings is 1. The molecule has 1 fully saturated rings. The molecule has 1 saturated heterocycles. The van der Waals surface area contributed by atoms with E-state index in [1.165, 1.54) is 5.56 Å². The summed E-state index contributed by atoms with van der Waals surface area (Å²) >= 11 is 0. The number of likely N-dealkylation sites (tertiary alicyclic amines) is 1. The summed E-state index contributed by atoms with van der Waals surface area (Å²) in [7, 11) is 0. The second-order valence-corrected chi connectivity index (χ2v) is 7.45. The lowest BCUT2D eigenvalue weighted by Gasteiger charge is -2.32. The number of hydrogen-bond donors (Lipinski definition) is 1. The fourth-order valence-corrected chi connectivity index (χ4v) is 3.41. The molecule has 1 N–H and O–H groups in total. The van der Waals surface area contributed by atoms with Gasteiger partial charge in [-0.05, 0) is 39.2 Å². The lowest BCUT2D eigenvalue weighted by atomic mass is 10.1. The van der Waals surface area contributed by atoms with Crippen LogP contribution in [0.4, 0.5) is 16.6 Å². The Labute approximate surface area is 172 Å². The van der Waals surface area contributed by atoms with Gasteiger partial charge in [-0.15, -0.1) is 5.10 Å². The fraction of sp³-hybridized carbons (Fsp3) is 0.524. The number of nitrogens with one attached hydrogen (secondary N) is 1. The highest BCUT2D eigenvalue weighted by Crippen LogP contribution is 2.20. The van der Waals surface area contributed by atoms with Crippen LogP contribution in [0.3, 0.4) is 0 Å². The van der Waals surface area contributed by atoms with Gasteiger partial charge in [-0.1, -0.05) is 30.3 Å². The summed E-state index contributed by atoms with van der Waals surface area (Å²) < 4.78 is 5.07. The Morgan fingerprint density at radius 1 is 1.28 bits per heavy atom. The van der Waals surface area contributed by atoms with Crippen molar-refractivity contribution in [1.82, 2.24) is 20.1 Å². The van der Waals surface area contributed by atoms with Gasteiger partial charge in [0.25, 0.3) is 0 Å². The van der Waals surface area contributed by atoms with E-state index in [1.54, 1.807) is 11.1 Å². The Bertz CT molecular complexity index is 778. The summed E-state index contributed by atoms with van der Waals surface area (Å²) in [5.41, 5.74) is 1.22. The Morgan fingerprint density at radius 2 is 2.00 bits per heavy atom. The zero-order valence-corrected chi connectivity index (χ0v) is 17.4. The van der Waals surface area contributed by atoms with E-state index < -0.39 is 0 Å². The standard InChI is InChI=1S/C21H30N6O2/c1-4-29-21(28)26-12-10-18(11-13-26)23-20-24-19(14-22-25-20)27(16(2)3)15-17-8-6-5-7-9-17/h5-9,14,16,18H,4,10-13,15H2,1-3H3,(H,23,24,25). The van der Waals surface area contributed by atoms with Gasteiger partial charge in [0.2, 0.25) is 5.95 Å². The molecule has 29 heavy (non-hydrogen) atoms. The quantitative estimate of drug-likeness (QED) is 0.766. The number of nitrogens with zero attached hydrogens (tertiary/aromatic N) is 5. The van der Waals surface area contributed by atoms with E-state index in [0.717, 1.165) is 25.2 Å². The molecule has 0 aliphatic carbocycles. The predicted octanol–water partition coefficient (Wildman–Crippen LogP) is 3.32. The molecule has 2 aromatic rings.